The summed E-state index contributed by atoms with van der Waals surface area (Å²) >= 11 is 7.20. The van der Waals surface area contributed by atoms with Crippen LogP contribution in [0, 0.1) is 0 Å². The third-order valence-electron chi connectivity index (χ3n) is 4.66. The van der Waals surface area contributed by atoms with Crippen LogP contribution in [0.1, 0.15) is 18.1 Å². The molecule has 0 unspecified atom stereocenters. The first-order chi connectivity index (χ1) is 13.1. The van der Waals surface area contributed by atoms with E-state index in [4.69, 9.17) is 4.74 Å². The Morgan fingerprint density at radius 1 is 1.11 bits per heavy atom. The maximum absolute atomic E-state index is 5.66. The lowest BCUT2D eigenvalue weighted by molar-refractivity contribution is 0.311. The van der Waals surface area contributed by atoms with Gasteiger partial charge in [0.2, 0.25) is 0 Å². The van der Waals surface area contributed by atoms with Crippen LogP contribution in [0.15, 0.2) is 39.4 Å². The molecule has 0 saturated carbocycles. The van der Waals surface area contributed by atoms with Crippen LogP contribution < -0.4 is 15.0 Å². The molecule has 1 aliphatic rings. The third-order valence-corrected chi connectivity index (χ3v) is 5.84. The van der Waals surface area contributed by atoms with E-state index in [1.807, 2.05) is 19.2 Å². The number of nitrogens with zero attached hydrogens (tertiary/aromatic N) is 3. The average Bonchev–Trinajstić information content (AvgIpc) is 2.66. The normalized spacial score (nSPS) is 15.2. The molecule has 1 saturated heterocycles. The SMILES string of the molecule is CCOc1c(Br)cc(CNCc2cccnc2N2CCN(C)CC2)cc1Br. The summed E-state index contributed by atoms with van der Waals surface area (Å²) in [5, 5.41) is 3.55. The molecule has 2 heterocycles. The lowest BCUT2D eigenvalue weighted by Gasteiger charge is -2.34. The predicted molar refractivity (Wildman–Crippen MR) is 118 cm³/mol. The fourth-order valence-electron chi connectivity index (χ4n) is 3.21. The zero-order valence-electron chi connectivity index (χ0n) is 15.8. The highest BCUT2D eigenvalue weighted by molar-refractivity contribution is 9.11. The van der Waals surface area contributed by atoms with Gasteiger partial charge >= 0.3 is 0 Å². The average molecular weight is 498 g/mol. The van der Waals surface area contributed by atoms with Gasteiger partial charge in [0.05, 0.1) is 15.6 Å². The fourth-order valence-corrected chi connectivity index (χ4v) is 4.72. The van der Waals surface area contributed by atoms with Crippen LogP contribution in [0.4, 0.5) is 5.82 Å². The van der Waals surface area contributed by atoms with Gasteiger partial charge in [0, 0.05) is 51.0 Å². The Kier molecular flexibility index (Phi) is 7.52. The van der Waals surface area contributed by atoms with Gasteiger partial charge in [0.15, 0.2) is 0 Å². The molecule has 0 atom stereocenters. The molecule has 1 aliphatic heterocycles. The van der Waals surface area contributed by atoms with Crippen molar-refractivity contribution in [3.63, 3.8) is 0 Å². The molecule has 0 spiro atoms. The summed E-state index contributed by atoms with van der Waals surface area (Å²) in [5.41, 5.74) is 2.44. The number of likely N-dealkylation sites (N-methyl/N-ethyl adjacent to an activating group) is 1. The van der Waals surface area contributed by atoms with Gasteiger partial charge in [-0.3, -0.25) is 0 Å². The Morgan fingerprint density at radius 2 is 1.81 bits per heavy atom. The van der Waals surface area contributed by atoms with Crippen LogP contribution in [0.2, 0.25) is 0 Å². The minimum Gasteiger partial charge on any atom is -0.492 e. The molecule has 0 bridgehead atoms. The number of halogens is 2. The minimum absolute atomic E-state index is 0.644. The summed E-state index contributed by atoms with van der Waals surface area (Å²) < 4.78 is 7.59. The van der Waals surface area contributed by atoms with E-state index in [2.05, 4.69) is 77.2 Å². The van der Waals surface area contributed by atoms with Crippen molar-refractivity contribution in [1.82, 2.24) is 15.2 Å². The molecule has 7 heteroatoms. The number of hydrogen-bond acceptors (Lipinski definition) is 5. The number of hydrogen-bond donors (Lipinski definition) is 1. The number of piperazine rings is 1. The van der Waals surface area contributed by atoms with Crippen molar-refractivity contribution in [2.75, 3.05) is 44.7 Å². The second-order valence-corrected chi connectivity index (χ2v) is 8.41. The first-order valence-electron chi connectivity index (χ1n) is 9.27. The molecule has 27 heavy (non-hydrogen) atoms. The van der Waals surface area contributed by atoms with Crippen LogP contribution in [-0.2, 0) is 13.1 Å². The summed E-state index contributed by atoms with van der Waals surface area (Å²) in [6, 6.07) is 8.39. The molecule has 1 N–H and O–H groups in total. The topological polar surface area (TPSA) is 40.6 Å². The van der Waals surface area contributed by atoms with E-state index in [-0.39, 0.29) is 0 Å². The smallest absolute Gasteiger partial charge is 0.147 e. The largest absolute Gasteiger partial charge is 0.492 e. The number of aromatic nitrogens is 1. The Bertz CT molecular complexity index is 740. The zero-order chi connectivity index (χ0) is 19.2. The molecule has 146 valence electrons. The summed E-state index contributed by atoms with van der Waals surface area (Å²) in [6.45, 7) is 8.41. The van der Waals surface area contributed by atoms with E-state index < -0.39 is 0 Å². The Morgan fingerprint density at radius 3 is 2.48 bits per heavy atom. The summed E-state index contributed by atoms with van der Waals surface area (Å²) in [4.78, 5) is 9.40. The summed E-state index contributed by atoms with van der Waals surface area (Å²) in [6.07, 6.45) is 1.89. The van der Waals surface area contributed by atoms with Crippen LogP contribution in [0.3, 0.4) is 0 Å². The fraction of sp³-hybridized carbons (Fsp3) is 0.450. The van der Waals surface area contributed by atoms with Gasteiger partial charge in [0.1, 0.15) is 11.6 Å². The van der Waals surface area contributed by atoms with Gasteiger partial charge in [-0.1, -0.05) is 6.07 Å². The Hall–Kier alpha value is -1.15. The first kappa shape index (κ1) is 20.6. The van der Waals surface area contributed by atoms with E-state index >= 15 is 0 Å². The van der Waals surface area contributed by atoms with E-state index in [1.54, 1.807) is 0 Å². The molecule has 2 aromatic rings. The van der Waals surface area contributed by atoms with E-state index in [0.717, 1.165) is 59.8 Å². The second kappa shape index (κ2) is 9.87. The van der Waals surface area contributed by atoms with Crippen LogP contribution in [0.25, 0.3) is 0 Å². The monoisotopic (exact) mass is 496 g/mol. The molecule has 0 aliphatic carbocycles. The molecular formula is C20H26Br2N4O. The molecule has 0 amide bonds. The predicted octanol–water partition coefficient (Wildman–Crippen LogP) is 4.05. The Balaban J connectivity index is 1.63. The van der Waals surface area contributed by atoms with E-state index in [0.29, 0.717) is 6.61 Å². The molecule has 3 rings (SSSR count). The van der Waals surface area contributed by atoms with Crippen molar-refractivity contribution >= 4 is 37.7 Å². The Labute approximate surface area is 178 Å². The van der Waals surface area contributed by atoms with Crippen molar-refractivity contribution < 1.29 is 4.74 Å². The molecule has 5 nitrogen and oxygen atoms in total. The maximum atomic E-state index is 5.66. The number of benzene rings is 1. The van der Waals surface area contributed by atoms with Crippen molar-refractivity contribution in [2.45, 2.75) is 20.0 Å². The third kappa shape index (κ3) is 5.44. The zero-order valence-corrected chi connectivity index (χ0v) is 19.0. The van der Waals surface area contributed by atoms with Gasteiger partial charge in [-0.15, -0.1) is 0 Å². The highest BCUT2D eigenvalue weighted by Crippen LogP contribution is 2.34. The summed E-state index contributed by atoms with van der Waals surface area (Å²) in [5.74, 6) is 1.96. The van der Waals surface area contributed by atoms with Gasteiger partial charge in [-0.05, 0) is 69.6 Å². The van der Waals surface area contributed by atoms with Crippen molar-refractivity contribution in [3.05, 3.63) is 50.5 Å². The first-order valence-corrected chi connectivity index (χ1v) is 10.9. The molecular weight excluding hydrogens is 472 g/mol. The number of rotatable bonds is 7. The standard InChI is InChI=1S/C20H26Br2N4O/c1-3-27-19-17(21)11-15(12-18(19)22)13-23-14-16-5-4-6-24-20(16)26-9-7-25(2)8-10-26/h4-6,11-12,23H,3,7-10,13-14H2,1-2H3. The van der Waals surface area contributed by atoms with Crippen LogP contribution >= 0.6 is 31.9 Å². The lowest BCUT2D eigenvalue weighted by Crippen LogP contribution is -2.45. The van der Waals surface area contributed by atoms with Gasteiger partial charge in [-0.2, -0.15) is 0 Å². The minimum atomic E-state index is 0.644. The van der Waals surface area contributed by atoms with E-state index in [9.17, 15) is 0 Å². The quantitative estimate of drug-likeness (QED) is 0.625. The van der Waals surface area contributed by atoms with E-state index in [1.165, 1.54) is 11.1 Å². The van der Waals surface area contributed by atoms with Crippen LogP contribution in [0.5, 0.6) is 5.75 Å². The summed E-state index contributed by atoms with van der Waals surface area (Å²) in [7, 11) is 2.17. The molecule has 1 fully saturated rings. The van der Waals surface area contributed by atoms with Crippen molar-refractivity contribution in [2.24, 2.45) is 0 Å². The number of ether oxygens (including phenoxy) is 1. The molecule has 1 aromatic carbocycles. The second-order valence-electron chi connectivity index (χ2n) is 6.70. The van der Waals surface area contributed by atoms with Crippen LogP contribution in [-0.4, -0.2) is 49.7 Å². The highest BCUT2D eigenvalue weighted by atomic mass is 79.9. The van der Waals surface area contributed by atoms with Gasteiger partial charge in [-0.25, -0.2) is 4.98 Å². The highest BCUT2D eigenvalue weighted by Gasteiger charge is 2.17. The number of pyridine rings is 1. The van der Waals surface area contributed by atoms with Gasteiger partial charge in [0.25, 0.3) is 0 Å². The van der Waals surface area contributed by atoms with Gasteiger partial charge < -0.3 is 19.9 Å². The molecule has 1 aromatic heterocycles. The molecule has 0 radical (unpaired) electrons. The number of nitrogens with one attached hydrogen (secondary N) is 1. The number of anilines is 1. The maximum Gasteiger partial charge on any atom is 0.147 e. The van der Waals surface area contributed by atoms with Crippen molar-refractivity contribution in [3.8, 4) is 5.75 Å². The lowest BCUT2D eigenvalue weighted by atomic mass is 10.2. The van der Waals surface area contributed by atoms with Crippen molar-refractivity contribution in [1.29, 1.82) is 0 Å².